The van der Waals surface area contributed by atoms with Crippen LogP contribution in [-0.2, 0) is 9.53 Å². The fourth-order valence-corrected chi connectivity index (χ4v) is 3.66. The summed E-state index contributed by atoms with van der Waals surface area (Å²) in [4.78, 5) is 24.0. The van der Waals surface area contributed by atoms with E-state index in [0.29, 0.717) is 0 Å². The molecule has 2 aromatic rings. The predicted octanol–water partition coefficient (Wildman–Crippen LogP) is 5.04. The van der Waals surface area contributed by atoms with Gasteiger partial charge >= 0.3 is 6.09 Å². The highest BCUT2D eigenvalue weighted by Gasteiger charge is 2.28. The molecular weight excluding hydrogens is 338 g/mol. The van der Waals surface area contributed by atoms with Crippen molar-refractivity contribution in [3.05, 3.63) is 71.9 Å². The number of hydrogen-bond acceptors (Lipinski definition) is 3. The fraction of sp³-hybridized carbons (Fsp3) is 0.304. The Morgan fingerprint density at radius 2 is 1.56 bits per heavy atom. The van der Waals surface area contributed by atoms with Crippen LogP contribution in [0, 0.1) is 5.92 Å². The minimum absolute atomic E-state index is 0.00515. The Bertz CT molecular complexity index is 807. The number of carbonyl (C=O) groups is 2. The first kappa shape index (κ1) is 18.9. The second kappa shape index (κ2) is 8.67. The molecule has 3 rings (SSSR count). The van der Waals surface area contributed by atoms with Crippen LogP contribution >= 0.6 is 0 Å². The van der Waals surface area contributed by atoms with Crippen molar-refractivity contribution in [1.82, 2.24) is 5.32 Å². The van der Waals surface area contributed by atoms with Crippen molar-refractivity contribution in [3.63, 3.8) is 0 Å². The number of hydrogen-bond donors (Lipinski definition) is 1. The molecule has 140 valence electrons. The van der Waals surface area contributed by atoms with E-state index in [4.69, 9.17) is 4.74 Å². The highest BCUT2D eigenvalue weighted by Crippen LogP contribution is 2.44. The summed E-state index contributed by atoms with van der Waals surface area (Å²) in [6, 6.07) is 16.4. The van der Waals surface area contributed by atoms with Crippen LogP contribution in [0.25, 0.3) is 11.1 Å². The Kier molecular flexibility index (Phi) is 6.07. The molecule has 0 unspecified atom stereocenters. The molecule has 0 bridgehead atoms. The number of rotatable bonds is 7. The highest BCUT2D eigenvalue weighted by atomic mass is 16.5. The molecule has 0 saturated heterocycles. The van der Waals surface area contributed by atoms with E-state index in [9.17, 15) is 9.59 Å². The smallest absolute Gasteiger partial charge is 0.411 e. The zero-order valence-corrected chi connectivity index (χ0v) is 15.8. The summed E-state index contributed by atoms with van der Waals surface area (Å²) in [7, 11) is 0. The maximum absolute atomic E-state index is 12.0. The third-order valence-corrected chi connectivity index (χ3v) is 5.18. The largest absolute Gasteiger partial charge is 0.448 e. The number of fused-ring (bicyclic) bond motifs is 3. The first-order valence-corrected chi connectivity index (χ1v) is 9.47. The lowest BCUT2D eigenvalue weighted by Gasteiger charge is -2.14. The van der Waals surface area contributed by atoms with Gasteiger partial charge < -0.3 is 4.74 Å². The van der Waals surface area contributed by atoms with E-state index in [1.165, 1.54) is 34.5 Å². The number of nitrogens with one attached hydrogen (secondary N) is 1. The van der Waals surface area contributed by atoms with Gasteiger partial charge in [0.2, 0.25) is 0 Å². The van der Waals surface area contributed by atoms with Crippen molar-refractivity contribution in [2.24, 2.45) is 5.92 Å². The maximum Gasteiger partial charge on any atom is 0.411 e. The van der Waals surface area contributed by atoms with Crippen LogP contribution in [0.15, 0.2) is 60.8 Å². The van der Waals surface area contributed by atoms with E-state index in [0.717, 1.165) is 12.8 Å². The fourth-order valence-electron chi connectivity index (χ4n) is 3.66. The molecule has 1 aliphatic rings. The van der Waals surface area contributed by atoms with Gasteiger partial charge in [-0.05, 0) is 41.2 Å². The molecule has 0 fully saturated rings. The second-order valence-corrected chi connectivity index (χ2v) is 6.72. The zero-order chi connectivity index (χ0) is 19.2. The van der Waals surface area contributed by atoms with Gasteiger partial charge in [-0.3, -0.25) is 10.1 Å². The Morgan fingerprint density at radius 1 is 1.00 bits per heavy atom. The second-order valence-electron chi connectivity index (χ2n) is 6.72. The molecule has 27 heavy (non-hydrogen) atoms. The van der Waals surface area contributed by atoms with Crippen LogP contribution in [0.3, 0.4) is 0 Å². The summed E-state index contributed by atoms with van der Waals surface area (Å²) in [5.41, 5.74) is 4.73. The Labute approximate surface area is 160 Å². The normalized spacial score (nSPS) is 12.9. The number of amides is 1. The lowest BCUT2D eigenvalue weighted by atomic mass is 9.98. The van der Waals surface area contributed by atoms with Gasteiger partial charge in [-0.15, -0.1) is 0 Å². The molecule has 0 heterocycles. The van der Waals surface area contributed by atoms with Gasteiger partial charge in [0.15, 0.2) is 5.78 Å². The topological polar surface area (TPSA) is 55.4 Å². The van der Waals surface area contributed by atoms with Crippen molar-refractivity contribution < 1.29 is 14.3 Å². The van der Waals surface area contributed by atoms with Crippen LogP contribution in [0.2, 0.25) is 0 Å². The van der Waals surface area contributed by atoms with Gasteiger partial charge in [-0.25, -0.2) is 4.79 Å². The molecule has 1 aliphatic carbocycles. The molecule has 0 spiro atoms. The van der Waals surface area contributed by atoms with Crippen LogP contribution in [0.1, 0.15) is 43.7 Å². The van der Waals surface area contributed by atoms with Crippen LogP contribution < -0.4 is 5.32 Å². The van der Waals surface area contributed by atoms with Gasteiger partial charge in [0.25, 0.3) is 0 Å². The molecule has 2 aromatic carbocycles. The number of ketones is 1. The van der Waals surface area contributed by atoms with Crippen LogP contribution in [0.4, 0.5) is 4.79 Å². The first-order valence-electron chi connectivity index (χ1n) is 9.47. The van der Waals surface area contributed by atoms with Crippen LogP contribution in [0.5, 0.6) is 0 Å². The summed E-state index contributed by atoms with van der Waals surface area (Å²) in [6.45, 7) is 4.23. The van der Waals surface area contributed by atoms with Crippen molar-refractivity contribution in [1.29, 1.82) is 0 Å². The Morgan fingerprint density at radius 3 is 2.11 bits per heavy atom. The summed E-state index contributed by atoms with van der Waals surface area (Å²) in [5, 5.41) is 2.53. The number of carbonyl (C=O) groups excluding carboxylic acids is 2. The van der Waals surface area contributed by atoms with E-state index in [2.05, 4.69) is 29.6 Å². The first-order chi connectivity index (χ1) is 13.2. The quantitative estimate of drug-likeness (QED) is 0.701. The molecule has 0 saturated carbocycles. The van der Waals surface area contributed by atoms with Crippen molar-refractivity contribution in [3.8, 4) is 11.1 Å². The lowest BCUT2D eigenvalue weighted by molar-refractivity contribution is -0.118. The number of ether oxygens (including phenoxy) is 1. The Hall–Kier alpha value is -2.88. The van der Waals surface area contributed by atoms with E-state index in [1.54, 1.807) is 0 Å². The van der Waals surface area contributed by atoms with Gasteiger partial charge in [0.05, 0.1) is 0 Å². The van der Waals surface area contributed by atoms with Gasteiger partial charge in [0, 0.05) is 18.0 Å². The molecule has 1 amide bonds. The molecule has 0 aliphatic heterocycles. The summed E-state index contributed by atoms with van der Waals surface area (Å²) in [6.07, 6.45) is 3.83. The molecule has 0 radical (unpaired) electrons. The lowest BCUT2D eigenvalue weighted by Crippen LogP contribution is -2.22. The summed E-state index contributed by atoms with van der Waals surface area (Å²) < 4.78 is 5.42. The molecule has 4 nitrogen and oxygen atoms in total. The summed E-state index contributed by atoms with van der Waals surface area (Å²) >= 11 is 0. The van der Waals surface area contributed by atoms with Gasteiger partial charge in [0.1, 0.15) is 6.61 Å². The molecule has 0 aromatic heterocycles. The van der Waals surface area contributed by atoms with E-state index >= 15 is 0 Å². The van der Waals surface area contributed by atoms with Gasteiger partial charge in [-0.2, -0.15) is 0 Å². The van der Waals surface area contributed by atoms with Crippen molar-refractivity contribution in [2.75, 3.05) is 6.61 Å². The molecule has 4 heteroatoms. The van der Waals surface area contributed by atoms with Gasteiger partial charge in [-0.1, -0.05) is 62.4 Å². The number of benzene rings is 2. The Balaban J connectivity index is 1.60. The number of alkyl carbamates (subject to hydrolysis) is 1. The zero-order valence-electron chi connectivity index (χ0n) is 15.8. The highest BCUT2D eigenvalue weighted by molar-refractivity contribution is 5.92. The minimum Gasteiger partial charge on any atom is -0.448 e. The molecule has 0 atom stereocenters. The van der Waals surface area contributed by atoms with E-state index < -0.39 is 6.09 Å². The number of allylic oxidation sites excluding steroid dienone is 1. The van der Waals surface area contributed by atoms with E-state index in [-0.39, 0.29) is 24.2 Å². The van der Waals surface area contributed by atoms with Crippen LogP contribution in [-0.4, -0.2) is 18.5 Å². The average Bonchev–Trinajstić information content (AvgIpc) is 3.01. The third-order valence-electron chi connectivity index (χ3n) is 5.18. The summed E-state index contributed by atoms with van der Waals surface area (Å²) in [5.74, 6) is 0.0582. The molecular formula is C23H25NO3. The average molecular weight is 363 g/mol. The predicted molar refractivity (Wildman–Crippen MR) is 106 cm³/mol. The SMILES string of the molecule is CCC(CC)C(=O)/C=C\NC(=O)OCC1c2ccccc2-c2ccccc21. The minimum atomic E-state index is -0.551. The monoisotopic (exact) mass is 363 g/mol. The molecule has 1 N–H and O–H groups in total. The van der Waals surface area contributed by atoms with E-state index in [1.807, 2.05) is 38.1 Å². The standard InChI is InChI=1S/C23H25NO3/c1-3-16(4-2)22(25)13-14-24-23(26)27-15-21-19-11-7-5-9-17(19)18-10-6-8-12-20(18)21/h5-14,16,21H,3-4,15H2,1-2H3,(H,24,26)/b14-13-. The van der Waals surface area contributed by atoms with Crippen molar-refractivity contribution >= 4 is 11.9 Å². The third kappa shape index (κ3) is 4.11. The maximum atomic E-state index is 12.0. The van der Waals surface area contributed by atoms with Crippen molar-refractivity contribution in [2.45, 2.75) is 32.6 Å².